The van der Waals surface area contributed by atoms with E-state index in [0.29, 0.717) is 12.5 Å². The first kappa shape index (κ1) is 19.0. The van der Waals surface area contributed by atoms with Crippen LogP contribution >= 0.6 is 0 Å². The number of carbonyl (C=O) groups is 1. The van der Waals surface area contributed by atoms with Crippen molar-refractivity contribution in [3.8, 4) is 16.9 Å². The van der Waals surface area contributed by atoms with Gasteiger partial charge in [-0.3, -0.25) is 9.69 Å². The van der Waals surface area contributed by atoms with Crippen molar-refractivity contribution in [1.82, 2.24) is 4.90 Å². The summed E-state index contributed by atoms with van der Waals surface area (Å²) < 4.78 is 5.43. The van der Waals surface area contributed by atoms with Crippen molar-refractivity contribution in [1.29, 1.82) is 0 Å². The van der Waals surface area contributed by atoms with E-state index in [-0.39, 0.29) is 6.42 Å². The number of rotatable bonds is 9. The standard InChI is InChI=1S/C21H27NO3/c1-16(2)22(14-6-9-21(23)24)15-17-10-12-18(13-11-17)19-7-4-5-8-20(19)25-3/h4-5,7-8,10-13,16H,6,9,14-15H2,1-3H3,(H,23,24). The highest BCUT2D eigenvalue weighted by atomic mass is 16.5. The fourth-order valence-electron chi connectivity index (χ4n) is 2.86. The molecule has 0 aromatic heterocycles. The van der Waals surface area contributed by atoms with Crippen LogP contribution in [0.4, 0.5) is 0 Å². The summed E-state index contributed by atoms with van der Waals surface area (Å²) in [5, 5.41) is 8.81. The molecule has 0 atom stereocenters. The molecule has 0 saturated carbocycles. The number of para-hydroxylation sites is 1. The van der Waals surface area contributed by atoms with Crippen molar-refractivity contribution < 1.29 is 14.6 Å². The summed E-state index contributed by atoms with van der Waals surface area (Å²) >= 11 is 0. The van der Waals surface area contributed by atoms with Crippen LogP contribution in [0.15, 0.2) is 48.5 Å². The molecule has 0 amide bonds. The molecule has 0 unspecified atom stereocenters. The maximum Gasteiger partial charge on any atom is 0.303 e. The van der Waals surface area contributed by atoms with Crippen LogP contribution in [-0.2, 0) is 11.3 Å². The summed E-state index contributed by atoms with van der Waals surface area (Å²) in [4.78, 5) is 13.0. The lowest BCUT2D eigenvalue weighted by molar-refractivity contribution is -0.137. The molecule has 0 aliphatic rings. The molecule has 4 nitrogen and oxygen atoms in total. The van der Waals surface area contributed by atoms with E-state index in [2.05, 4.69) is 49.1 Å². The number of aliphatic carboxylic acids is 1. The smallest absolute Gasteiger partial charge is 0.303 e. The molecule has 1 N–H and O–H groups in total. The van der Waals surface area contributed by atoms with E-state index in [0.717, 1.165) is 30.0 Å². The van der Waals surface area contributed by atoms with E-state index < -0.39 is 5.97 Å². The van der Waals surface area contributed by atoms with Crippen LogP contribution in [0.25, 0.3) is 11.1 Å². The Hall–Kier alpha value is -2.33. The summed E-state index contributed by atoms with van der Waals surface area (Å²) in [7, 11) is 1.69. The van der Waals surface area contributed by atoms with Gasteiger partial charge in [0.2, 0.25) is 0 Å². The van der Waals surface area contributed by atoms with Gasteiger partial charge in [0, 0.05) is 24.6 Å². The van der Waals surface area contributed by atoms with Crippen LogP contribution in [0, 0.1) is 0 Å². The number of methoxy groups -OCH3 is 1. The number of nitrogens with zero attached hydrogens (tertiary/aromatic N) is 1. The van der Waals surface area contributed by atoms with Gasteiger partial charge < -0.3 is 9.84 Å². The highest BCUT2D eigenvalue weighted by Gasteiger charge is 2.11. The normalized spacial score (nSPS) is 11.1. The lowest BCUT2D eigenvalue weighted by Gasteiger charge is -2.26. The monoisotopic (exact) mass is 341 g/mol. The van der Waals surface area contributed by atoms with Crippen LogP contribution in [0.2, 0.25) is 0 Å². The second kappa shape index (κ2) is 9.23. The third-order valence-electron chi connectivity index (χ3n) is 4.32. The number of benzene rings is 2. The van der Waals surface area contributed by atoms with Crippen LogP contribution in [0.3, 0.4) is 0 Å². The molecule has 0 spiro atoms. The van der Waals surface area contributed by atoms with Gasteiger partial charge in [0.1, 0.15) is 5.75 Å². The molecule has 0 bridgehead atoms. The number of carboxylic acids is 1. The lowest BCUT2D eigenvalue weighted by atomic mass is 10.0. The summed E-state index contributed by atoms with van der Waals surface area (Å²) in [5.74, 6) is 0.137. The highest BCUT2D eigenvalue weighted by Crippen LogP contribution is 2.29. The van der Waals surface area contributed by atoms with Gasteiger partial charge in [0.15, 0.2) is 0 Å². The zero-order chi connectivity index (χ0) is 18.2. The molecule has 0 saturated heterocycles. The Labute approximate surface area is 150 Å². The van der Waals surface area contributed by atoms with E-state index in [1.807, 2.05) is 18.2 Å². The Kier molecular flexibility index (Phi) is 7.02. The van der Waals surface area contributed by atoms with Gasteiger partial charge >= 0.3 is 5.97 Å². The highest BCUT2D eigenvalue weighted by molar-refractivity contribution is 5.70. The zero-order valence-corrected chi connectivity index (χ0v) is 15.2. The van der Waals surface area contributed by atoms with E-state index in [9.17, 15) is 4.79 Å². The molecule has 0 heterocycles. The molecule has 0 aliphatic carbocycles. The first-order valence-electron chi connectivity index (χ1n) is 8.69. The van der Waals surface area contributed by atoms with Crippen molar-refractivity contribution in [2.45, 2.75) is 39.3 Å². The van der Waals surface area contributed by atoms with Crippen LogP contribution in [-0.4, -0.2) is 35.7 Å². The molecule has 0 fully saturated rings. The second-order valence-electron chi connectivity index (χ2n) is 6.46. The Bertz CT molecular complexity index is 680. The van der Waals surface area contributed by atoms with E-state index in [4.69, 9.17) is 9.84 Å². The number of carboxylic acid groups (broad SMARTS) is 1. The molecule has 2 rings (SSSR count). The minimum absolute atomic E-state index is 0.218. The average Bonchev–Trinajstić information content (AvgIpc) is 2.61. The molecule has 0 radical (unpaired) electrons. The third-order valence-corrected chi connectivity index (χ3v) is 4.32. The minimum Gasteiger partial charge on any atom is -0.496 e. The number of hydrogen-bond acceptors (Lipinski definition) is 3. The van der Waals surface area contributed by atoms with Crippen LogP contribution in [0.1, 0.15) is 32.3 Å². The first-order valence-corrected chi connectivity index (χ1v) is 8.69. The molecule has 2 aromatic rings. The van der Waals surface area contributed by atoms with E-state index in [1.165, 1.54) is 5.56 Å². The molecular weight excluding hydrogens is 314 g/mol. The van der Waals surface area contributed by atoms with Crippen molar-refractivity contribution in [3.63, 3.8) is 0 Å². The molecule has 2 aromatic carbocycles. The van der Waals surface area contributed by atoms with Crippen LogP contribution in [0.5, 0.6) is 5.75 Å². The minimum atomic E-state index is -0.732. The van der Waals surface area contributed by atoms with Gasteiger partial charge in [0.25, 0.3) is 0 Å². The summed E-state index contributed by atoms with van der Waals surface area (Å²) in [5.41, 5.74) is 3.43. The Morgan fingerprint density at radius 2 is 1.80 bits per heavy atom. The summed E-state index contributed by atoms with van der Waals surface area (Å²) in [6.45, 7) is 5.90. The topological polar surface area (TPSA) is 49.8 Å². The number of hydrogen-bond donors (Lipinski definition) is 1. The van der Waals surface area contributed by atoms with Gasteiger partial charge in [-0.1, -0.05) is 42.5 Å². The van der Waals surface area contributed by atoms with E-state index in [1.54, 1.807) is 7.11 Å². The fraction of sp³-hybridized carbons (Fsp3) is 0.381. The van der Waals surface area contributed by atoms with Gasteiger partial charge in [0.05, 0.1) is 7.11 Å². The quantitative estimate of drug-likeness (QED) is 0.733. The Morgan fingerprint density at radius 3 is 2.40 bits per heavy atom. The number of ether oxygens (including phenoxy) is 1. The molecule has 0 aliphatic heterocycles. The van der Waals surface area contributed by atoms with Crippen LogP contribution < -0.4 is 4.74 Å². The third kappa shape index (κ3) is 5.61. The maximum atomic E-state index is 10.7. The first-order chi connectivity index (χ1) is 12.0. The van der Waals surface area contributed by atoms with Gasteiger partial charge in [-0.2, -0.15) is 0 Å². The molecule has 134 valence electrons. The van der Waals surface area contributed by atoms with E-state index >= 15 is 0 Å². The lowest BCUT2D eigenvalue weighted by Crippen LogP contribution is -2.31. The Balaban J connectivity index is 2.06. The van der Waals surface area contributed by atoms with Crippen molar-refractivity contribution in [2.24, 2.45) is 0 Å². The molecule has 4 heteroatoms. The average molecular weight is 341 g/mol. The molecular formula is C21H27NO3. The second-order valence-corrected chi connectivity index (χ2v) is 6.46. The predicted molar refractivity (Wildman–Crippen MR) is 101 cm³/mol. The van der Waals surface area contributed by atoms with Gasteiger partial charge in [-0.25, -0.2) is 0 Å². The zero-order valence-electron chi connectivity index (χ0n) is 15.2. The van der Waals surface area contributed by atoms with Gasteiger partial charge in [-0.05, 0) is 44.0 Å². The largest absolute Gasteiger partial charge is 0.496 e. The summed E-state index contributed by atoms with van der Waals surface area (Å²) in [6.07, 6.45) is 0.892. The Morgan fingerprint density at radius 1 is 1.12 bits per heavy atom. The SMILES string of the molecule is COc1ccccc1-c1ccc(CN(CCCC(=O)O)C(C)C)cc1. The van der Waals surface area contributed by atoms with Gasteiger partial charge in [-0.15, -0.1) is 0 Å². The van der Waals surface area contributed by atoms with Crippen molar-refractivity contribution in [2.75, 3.05) is 13.7 Å². The maximum absolute atomic E-state index is 10.7. The fourth-order valence-corrected chi connectivity index (χ4v) is 2.86. The predicted octanol–water partition coefficient (Wildman–Crippen LogP) is 4.44. The van der Waals surface area contributed by atoms with Crippen molar-refractivity contribution >= 4 is 5.97 Å². The molecule has 25 heavy (non-hydrogen) atoms. The van der Waals surface area contributed by atoms with Crippen molar-refractivity contribution in [3.05, 3.63) is 54.1 Å². The summed E-state index contributed by atoms with van der Waals surface area (Å²) in [6, 6.07) is 16.9.